The minimum atomic E-state index is -1.51. The molecule has 14 heteroatoms. The normalized spacial score (nSPS) is 14.5. The number of carboxylic acid groups (broad SMARTS) is 3. The van der Waals surface area contributed by atoms with Crippen LogP contribution in [0.15, 0.2) is 0 Å². The zero-order chi connectivity index (χ0) is 25.0. The van der Waals surface area contributed by atoms with Crippen LogP contribution in [-0.4, -0.2) is 80.9 Å². The maximum absolute atomic E-state index is 12.6. The van der Waals surface area contributed by atoms with Crippen LogP contribution in [-0.2, 0) is 28.8 Å². The van der Waals surface area contributed by atoms with E-state index >= 15 is 0 Å². The quantitative estimate of drug-likeness (QED) is 0.123. The van der Waals surface area contributed by atoms with E-state index in [0.717, 1.165) is 0 Å². The number of amides is 3. The number of hydrogen-bond donors (Lipinski definition) is 8. The van der Waals surface area contributed by atoms with Gasteiger partial charge in [-0.3, -0.25) is 24.0 Å². The Hall–Kier alpha value is -2.87. The van der Waals surface area contributed by atoms with Gasteiger partial charge in [0.2, 0.25) is 17.7 Å². The van der Waals surface area contributed by atoms with Gasteiger partial charge in [-0.25, -0.2) is 4.79 Å². The molecule has 4 unspecified atom stereocenters. The number of carboxylic acids is 3. The molecule has 0 aromatic heterocycles. The van der Waals surface area contributed by atoms with Crippen molar-refractivity contribution in [2.75, 3.05) is 5.75 Å². The first kappa shape index (κ1) is 29.1. The van der Waals surface area contributed by atoms with E-state index in [4.69, 9.17) is 21.1 Å². The van der Waals surface area contributed by atoms with Crippen LogP contribution in [0.1, 0.15) is 39.5 Å². The largest absolute Gasteiger partial charge is 0.481 e. The molecular formula is C18H30N4O9S. The van der Waals surface area contributed by atoms with E-state index in [-0.39, 0.29) is 24.5 Å². The van der Waals surface area contributed by atoms with E-state index < -0.39 is 72.6 Å². The first-order chi connectivity index (χ1) is 14.8. The highest BCUT2D eigenvalue weighted by atomic mass is 32.1. The SMILES string of the molecule is CC(C)C(N)C(=O)NC(CCC(=O)O)C(=O)NC(CS)C(=O)NC(CCC(=O)O)C(=O)O. The number of rotatable bonds is 15. The number of carbonyl (C=O) groups is 6. The first-order valence-corrected chi connectivity index (χ1v) is 10.4. The fourth-order valence-electron chi connectivity index (χ4n) is 2.37. The molecule has 0 spiro atoms. The summed E-state index contributed by atoms with van der Waals surface area (Å²) in [5, 5.41) is 33.5. The second-order valence-electron chi connectivity index (χ2n) is 7.34. The molecular weight excluding hydrogens is 448 g/mol. The molecule has 0 bridgehead atoms. The molecule has 3 amide bonds. The summed E-state index contributed by atoms with van der Waals surface area (Å²) in [4.78, 5) is 70.0. The maximum Gasteiger partial charge on any atom is 0.326 e. The maximum atomic E-state index is 12.6. The fourth-order valence-corrected chi connectivity index (χ4v) is 2.63. The smallest absolute Gasteiger partial charge is 0.326 e. The van der Waals surface area contributed by atoms with Crippen molar-refractivity contribution in [3.8, 4) is 0 Å². The van der Waals surface area contributed by atoms with E-state index in [2.05, 4.69) is 28.6 Å². The summed E-state index contributed by atoms with van der Waals surface area (Å²) in [5.41, 5.74) is 5.74. The van der Waals surface area contributed by atoms with Gasteiger partial charge in [-0.2, -0.15) is 12.6 Å². The van der Waals surface area contributed by atoms with Crippen molar-refractivity contribution >= 4 is 48.3 Å². The third-order valence-corrected chi connectivity index (χ3v) is 4.74. The monoisotopic (exact) mass is 478 g/mol. The van der Waals surface area contributed by atoms with Crippen molar-refractivity contribution in [3.05, 3.63) is 0 Å². The molecule has 0 saturated heterocycles. The molecule has 0 aromatic carbocycles. The fraction of sp³-hybridized carbons (Fsp3) is 0.667. The van der Waals surface area contributed by atoms with Crippen LogP contribution in [0.5, 0.6) is 0 Å². The summed E-state index contributed by atoms with van der Waals surface area (Å²) in [6.07, 6.45) is -1.62. The van der Waals surface area contributed by atoms with Crippen molar-refractivity contribution in [1.82, 2.24) is 16.0 Å². The second-order valence-corrected chi connectivity index (χ2v) is 7.70. The number of carbonyl (C=O) groups excluding carboxylic acids is 3. The standard InChI is InChI=1S/C18H30N4O9S/c1-8(2)14(19)17(29)20-9(3-5-12(23)24)15(27)22-11(7-32)16(28)21-10(18(30)31)4-6-13(25)26/h8-11,14,32H,3-7,19H2,1-2H3,(H,20,29)(H,21,28)(H,22,27)(H,23,24)(H,25,26)(H,30,31). The van der Waals surface area contributed by atoms with Crippen molar-refractivity contribution in [1.29, 1.82) is 0 Å². The van der Waals surface area contributed by atoms with Crippen LogP contribution in [0.3, 0.4) is 0 Å². The second kappa shape index (κ2) is 14.2. The van der Waals surface area contributed by atoms with Gasteiger partial charge in [-0.05, 0) is 18.8 Å². The summed E-state index contributed by atoms with van der Waals surface area (Å²) in [5.74, 6) is -6.94. The predicted octanol–water partition coefficient (Wildman–Crippen LogP) is -1.83. The molecule has 0 aromatic rings. The van der Waals surface area contributed by atoms with Crippen LogP contribution in [0.4, 0.5) is 0 Å². The Labute approximate surface area is 189 Å². The highest BCUT2D eigenvalue weighted by Gasteiger charge is 2.30. The minimum Gasteiger partial charge on any atom is -0.481 e. The summed E-state index contributed by atoms with van der Waals surface area (Å²) in [6.45, 7) is 3.36. The molecule has 0 heterocycles. The molecule has 0 rings (SSSR count). The van der Waals surface area contributed by atoms with Gasteiger partial charge in [0.1, 0.15) is 18.1 Å². The molecule has 0 fully saturated rings. The van der Waals surface area contributed by atoms with Gasteiger partial charge in [0.15, 0.2) is 0 Å². The lowest BCUT2D eigenvalue weighted by Gasteiger charge is -2.24. The number of aliphatic carboxylic acids is 3. The summed E-state index contributed by atoms with van der Waals surface area (Å²) < 4.78 is 0. The molecule has 182 valence electrons. The molecule has 0 radical (unpaired) electrons. The van der Waals surface area contributed by atoms with Crippen LogP contribution in [0.25, 0.3) is 0 Å². The van der Waals surface area contributed by atoms with Crippen LogP contribution in [0.2, 0.25) is 0 Å². The Kier molecular flexibility index (Phi) is 13.0. The lowest BCUT2D eigenvalue weighted by atomic mass is 10.0. The number of thiol groups is 1. The third kappa shape index (κ3) is 10.9. The first-order valence-electron chi connectivity index (χ1n) is 9.74. The summed E-state index contributed by atoms with van der Waals surface area (Å²) >= 11 is 3.95. The van der Waals surface area contributed by atoms with E-state index in [1.54, 1.807) is 13.8 Å². The Morgan fingerprint density at radius 3 is 1.56 bits per heavy atom. The summed E-state index contributed by atoms with van der Waals surface area (Å²) in [7, 11) is 0. The third-order valence-electron chi connectivity index (χ3n) is 4.38. The lowest BCUT2D eigenvalue weighted by Crippen LogP contribution is -2.58. The Morgan fingerprint density at radius 1 is 0.750 bits per heavy atom. The topological polar surface area (TPSA) is 225 Å². The van der Waals surface area contributed by atoms with Gasteiger partial charge < -0.3 is 37.0 Å². The molecule has 8 N–H and O–H groups in total. The Bertz CT molecular complexity index is 717. The van der Waals surface area contributed by atoms with Crippen molar-refractivity contribution in [3.63, 3.8) is 0 Å². The van der Waals surface area contributed by atoms with Crippen LogP contribution >= 0.6 is 12.6 Å². The van der Waals surface area contributed by atoms with Gasteiger partial charge in [0.25, 0.3) is 0 Å². The van der Waals surface area contributed by atoms with E-state index in [1.807, 2.05) is 0 Å². The van der Waals surface area contributed by atoms with Crippen molar-refractivity contribution in [2.45, 2.75) is 63.7 Å². The average Bonchev–Trinajstić information content (AvgIpc) is 2.70. The molecule has 4 atom stereocenters. The van der Waals surface area contributed by atoms with E-state index in [0.29, 0.717) is 0 Å². The number of hydrogen-bond acceptors (Lipinski definition) is 8. The van der Waals surface area contributed by atoms with Gasteiger partial charge >= 0.3 is 17.9 Å². The van der Waals surface area contributed by atoms with E-state index in [1.165, 1.54) is 0 Å². The van der Waals surface area contributed by atoms with Crippen molar-refractivity contribution in [2.24, 2.45) is 11.7 Å². The van der Waals surface area contributed by atoms with E-state index in [9.17, 15) is 28.8 Å². The predicted molar refractivity (Wildman–Crippen MR) is 114 cm³/mol. The highest BCUT2D eigenvalue weighted by Crippen LogP contribution is 2.05. The zero-order valence-corrected chi connectivity index (χ0v) is 18.6. The minimum absolute atomic E-state index is 0.256. The van der Waals surface area contributed by atoms with Gasteiger partial charge in [-0.1, -0.05) is 13.8 Å². The molecule has 0 saturated carbocycles. The highest BCUT2D eigenvalue weighted by molar-refractivity contribution is 7.80. The average molecular weight is 479 g/mol. The Balaban J connectivity index is 5.30. The zero-order valence-electron chi connectivity index (χ0n) is 17.7. The molecule has 0 aliphatic carbocycles. The molecule has 0 aliphatic rings. The lowest BCUT2D eigenvalue weighted by molar-refractivity contribution is -0.143. The molecule has 13 nitrogen and oxygen atoms in total. The van der Waals surface area contributed by atoms with Crippen LogP contribution in [0, 0.1) is 5.92 Å². The van der Waals surface area contributed by atoms with Crippen molar-refractivity contribution < 1.29 is 44.1 Å². The summed E-state index contributed by atoms with van der Waals surface area (Å²) in [6, 6.07) is -5.12. The Morgan fingerprint density at radius 2 is 1.16 bits per heavy atom. The number of nitrogens with one attached hydrogen (secondary N) is 3. The van der Waals surface area contributed by atoms with Gasteiger partial charge in [0.05, 0.1) is 6.04 Å². The van der Waals surface area contributed by atoms with Crippen LogP contribution < -0.4 is 21.7 Å². The molecule has 0 aliphatic heterocycles. The number of nitrogens with two attached hydrogens (primary N) is 1. The van der Waals surface area contributed by atoms with Gasteiger partial charge in [-0.15, -0.1) is 0 Å². The molecule has 32 heavy (non-hydrogen) atoms. The van der Waals surface area contributed by atoms with Gasteiger partial charge in [0, 0.05) is 18.6 Å².